The Hall–Kier alpha value is -3.60. The van der Waals surface area contributed by atoms with Gasteiger partial charge in [0.15, 0.2) is 0 Å². The molecule has 5 heteroatoms. The van der Waals surface area contributed by atoms with Gasteiger partial charge in [0, 0.05) is 11.6 Å². The van der Waals surface area contributed by atoms with E-state index in [1.807, 2.05) is 0 Å². The Bertz CT molecular complexity index is 1040. The minimum atomic E-state index is -1.13. The van der Waals surface area contributed by atoms with Gasteiger partial charge in [-0.3, -0.25) is 0 Å². The average molecular weight is 387 g/mol. The molecule has 3 aromatic rings. The summed E-state index contributed by atoms with van der Waals surface area (Å²) in [6, 6.07) is 21.0. The van der Waals surface area contributed by atoms with E-state index in [0.717, 1.165) is 12.8 Å². The molecule has 0 saturated carbocycles. The fraction of sp³-hybridized carbons (Fsp3) is 0.167. The lowest BCUT2D eigenvalue weighted by Gasteiger charge is -2.13. The summed E-state index contributed by atoms with van der Waals surface area (Å²) < 4.78 is 5.38. The first-order chi connectivity index (χ1) is 14.1. The van der Waals surface area contributed by atoms with Crippen molar-refractivity contribution in [2.24, 2.45) is 0 Å². The second-order valence-electron chi connectivity index (χ2n) is 7.11. The molecule has 0 amide bonds. The molecular weight excluding hydrogens is 366 g/mol. The Morgan fingerprint density at radius 1 is 0.931 bits per heavy atom. The van der Waals surface area contributed by atoms with Crippen molar-refractivity contribution in [1.29, 1.82) is 0 Å². The molecule has 4 rings (SSSR count). The maximum Gasteiger partial charge on any atom is 0.338 e. The Morgan fingerprint density at radius 2 is 1.55 bits per heavy atom. The number of carboxylic acids is 1. The largest absolute Gasteiger partial charge is 0.478 e. The van der Waals surface area contributed by atoms with Crippen molar-refractivity contribution in [2.75, 3.05) is 12.3 Å². The third-order valence-corrected chi connectivity index (χ3v) is 5.35. The number of carbonyl (C=O) groups is 2. The van der Waals surface area contributed by atoms with E-state index in [-0.39, 0.29) is 16.8 Å². The van der Waals surface area contributed by atoms with Gasteiger partial charge >= 0.3 is 11.9 Å². The lowest BCUT2D eigenvalue weighted by Crippen LogP contribution is -2.10. The first-order valence-electron chi connectivity index (χ1n) is 9.54. The van der Waals surface area contributed by atoms with Gasteiger partial charge < -0.3 is 15.6 Å². The highest BCUT2D eigenvalue weighted by Gasteiger charge is 2.27. The summed E-state index contributed by atoms with van der Waals surface area (Å²) in [5.74, 6) is -1.33. The number of anilines is 1. The highest BCUT2D eigenvalue weighted by atomic mass is 16.5. The standard InChI is InChI=1S/C24H21NO4/c25-22-14-15(11-12-21(22)23(26)27)24(28)29-13-5-10-20-18-8-3-1-6-16(18)17-7-2-4-9-19(17)20/h1-4,6-9,11-12,14,20H,5,10,13,25H2,(H,26,27). The van der Waals surface area contributed by atoms with Crippen LogP contribution in [0.5, 0.6) is 0 Å². The van der Waals surface area contributed by atoms with E-state index in [9.17, 15) is 9.59 Å². The van der Waals surface area contributed by atoms with Crippen molar-refractivity contribution in [1.82, 2.24) is 0 Å². The number of nitrogen functional groups attached to an aromatic ring is 1. The van der Waals surface area contributed by atoms with E-state index >= 15 is 0 Å². The van der Waals surface area contributed by atoms with Crippen molar-refractivity contribution >= 4 is 17.6 Å². The number of rotatable bonds is 6. The lowest BCUT2D eigenvalue weighted by atomic mass is 9.92. The summed E-state index contributed by atoms with van der Waals surface area (Å²) in [6.45, 7) is 0.292. The molecule has 29 heavy (non-hydrogen) atoms. The van der Waals surface area contributed by atoms with Crippen molar-refractivity contribution in [3.63, 3.8) is 0 Å². The number of carbonyl (C=O) groups excluding carboxylic acids is 1. The van der Waals surface area contributed by atoms with Gasteiger partial charge in [-0.15, -0.1) is 0 Å². The predicted molar refractivity (Wildman–Crippen MR) is 111 cm³/mol. The van der Waals surface area contributed by atoms with Gasteiger partial charge in [-0.2, -0.15) is 0 Å². The Kier molecular flexibility index (Phi) is 5.04. The van der Waals surface area contributed by atoms with Crippen LogP contribution >= 0.6 is 0 Å². The molecule has 0 atom stereocenters. The van der Waals surface area contributed by atoms with Crippen LogP contribution in [0.2, 0.25) is 0 Å². The topological polar surface area (TPSA) is 89.6 Å². The zero-order chi connectivity index (χ0) is 20.4. The maximum atomic E-state index is 12.2. The molecule has 146 valence electrons. The highest BCUT2D eigenvalue weighted by molar-refractivity contribution is 5.97. The van der Waals surface area contributed by atoms with E-state index < -0.39 is 11.9 Å². The normalized spacial score (nSPS) is 12.3. The van der Waals surface area contributed by atoms with Crippen molar-refractivity contribution < 1.29 is 19.4 Å². The van der Waals surface area contributed by atoms with Crippen LogP contribution in [0.25, 0.3) is 11.1 Å². The van der Waals surface area contributed by atoms with Gasteiger partial charge in [0.1, 0.15) is 0 Å². The third kappa shape index (κ3) is 3.59. The molecular formula is C24H21NO4. The second kappa shape index (κ2) is 7.80. The summed E-state index contributed by atoms with van der Waals surface area (Å²) in [4.78, 5) is 23.3. The molecule has 0 unspecified atom stereocenters. The Morgan fingerprint density at radius 3 is 2.14 bits per heavy atom. The van der Waals surface area contributed by atoms with Gasteiger partial charge in [0.2, 0.25) is 0 Å². The number of hydrogen-bond donors (Lipinski definition) is 2. The van der Waals surface area contributed by atoms with Crippen LogP contribution in [0.4, 0.5) is 5.69 Å². The average Bonchev–Trinajstić information content (AvgIpc) is 3.04. The third-order valence-electron chi connectivity index (χ3n) is 5.35. The number of esters is 1. The van der Waals surface area contributed by atoms with E-state index in [4.69, 9.17) is 15.6 Å². The second-order valence-corrected chi connectivity index (χ2v) is 7.11. The maximum absolute atomic E-state index is 12.2. The SMILES string of the molecule is Nc1cc(C(=O)OCCCC2c3ccccc3-c3ccccc32)ccc1C(=O)O. The molecule has 1 aliphatic carbocycles. The smallest absolute Gasteiger partial charge is 0.338 e. The molecule has 0 heterocycles. The molecule has 0 bridgehead atoms. The predicted octanol–water partition coefficient (Wildman–Crippen LogP) is 4.72. The molecule has 3 N–H and O–H groups in total. The number of ether oxygens (including phenoxy) is 1. The summed E-state index contributed by atoms with van der Waals surface area (Å²) in [6.07, 6.45) is 1.60. The first kappa shape index (κ1) is 18.7. The molecule has 0 aliphatic heterocycles. The number of hydrogen-bond acceptors (Lipinski definition) is 4. The van der Waals surface area contributed by atoms with Crippen LogP contribution in [0, 0.1) is 0 Å². The molecule has 1 aliphatic rings. The Labute approximate surface area is 168 Å². The fourth-order valence-electron chi connectivity index (χ4n) is 3.99. The van der Waals surface area contributed by atoms with Gasteiger partial charge in [-0.1, -0.05) is 48.5 Å². The number of carboxylic acid groups (broad SMARTS) is 1. The van der Waals surface area contributed by atoms with E-state index in [1.165, 1.54) is 40.5 Å². The van der Waals surface area contributed by atoms with Crippen molar-refractivity contribution in [3.05, 3.63) is 89.0 Å². The summed E-state index contributed by atoms with van der Waals surface area (Å²) in [5, 5.41) is 9.02. The number of aromatic carboxylic acids is 1. The lowest BCUT2D eigenvalue weighted by molar-refractivity contribution is 0.0496. The highest BCUT2D eigenvalue weighted by Crippen LogP contribution is 2.46. The van der Waals surface area contributed by atoms with Crippen LogP contribution in [0.15, 0.2) is 66.7 Å². The van der Waals surface area contributed by atoms with E-state index in [0.29, 0.717) is 12.5 Å². The minimum absolute atomic E-state index is 0.0277. The summed E-state index contributed by atoms with van der Waals surface area (Å²) >= 11 is 0. The first-order valence-corrected chi connectivity index (χ1v) is 9.54. The number of benzene rings is 3. The molecule has 0 fully saturated rings. The fourth-order valence-corrected chi connectivity index (χ4v) is 3.99. The van der Waals surface area contributed by atoms with Crippen molar-refractivity contribution in [2.45, 2.75) is 18.8 Å². The number of nitrogens with two attached hydrogens (primary N) is 1. The zero-order valence-corrected chi connectivity index (χ0v) is 15.8. The van der Waals surface area contributed by atoms with Gasteiger partial charge in [0.05, 0.1) is 17.7 Å². The van der Waals surface area contributed by atoms with Crippen LogP contribution in [0.3, 0.4) is 0 Å². The van der Waals surface area contributed by atoms with Crippen LogP contribution in [0.1, 0.15) is 50.6 Å². The minimum Gasteiger partial charge on any atom is -0.478 e. The molecule has 0 spiro atoms. The molecule has 0 aromatic heterocycles. The molecule has 5 nitrogen and oxygen atoms in total. The number of fused-ring (bicyclic) bond motifs is 3. The van der Waals surface area contributed by atoms with E-state index in [1.54, 1.807) is 0 Å². The zero-order valence-electron chi connectivity index (χ0n) is 15.8. The van der Waals surface area contributed by atoms with Crippen LogP contribution < -0.4 is 5.73 Å². The summed E-state index contributed by atoms with van der Waals surface area (Å²) in [7, 11) is 0. The van der Waals surface area contributed by atoms with Crippen molar-refractivity contribution in [3.8, 4) is 11.1 Å². The van der Waals surface area contributed by atoms with E-state index in [2.05, 4.69) is 48.5 Å². The quantitative estimate of drug-likeness (QED) is 0.363. The van der Waals surface area contributed by atoms with Gasteiger partial charge in [-0.05, 0) is 53.3 Å². The van der Waals surface area contributed by atoms with Crippen LogP contribution in [-0.4, -0.2) is 23.7 Å². The van der Waals surface area contributed by atoms with Crippen LogP contribution in [-0.2, 0) is 4.74 Å². The molecule has 0 radical (unpaired) electrons. The molecule has 0 saturated heterocycles. The van der Waals surface area contributed by atoms with Gasteiger partial charge in [-0.25, -0.2) is 9.59 Å². The van der Waals surface area contributed by atoms with Gasteiger partial charge in [0.25, 0.3) is 0 Å². The molecule has 3 aromatic carbocycles. The Balaban J connectivity index is 1.38. The monoisotopic (exact) mass is 387 g/mol. The summed E-state index contributed by atoms with van der Waals surface area (Å²) in [5.41, 5.74) is 11.2.